The lowest BCUT2D eigenvalue weighted by Crippen LogP contribution is -2.46. The van der Waals surface area contributed by atoms with E-state index in [0.29, 0.717) is 40.0 Å². The lowest BCUT2D eigenvalue weighted by Gasteiger charge is -2.33. The third-order valence-electron chi connectivity index (χ3n) is 5.12. The molecule has 1 aromatic carbocycles. The molecule has 29 heavy (non-hydrogen) atoms. The van der Waals surface area contributed by atoms with Crippen LogP contribution in [0.15, 0.2) is 51.7 Å². The molecule has 2 aliphatic rings. The lowest BCUT2D eigenvalue weighted by atomic mass is 10.0. The quantitative estimate of drug-likeness (QED) is 0.773. The smallest absolute Gasteiger partial charge is 0.285 e. The van der Waals surface area contributed by atoms with Gasteiger partial charge < -0.3 is 10.2 Å². The molecule has 9 heteroatoms. The molecule has 3 heterocycles. The van der Waals surface area contributed by atoms with Crippen LogP contribution in [0.5, 0.6) is 0 Å². The lowest BCUT2D eigenvalue weighted by molar-refractivity contribution is 0.0926. The summed E-state index contributed by atoms with van der Waals surface area (Å²) in [7, 11) is -3.75. The maximum Gasteiger partial charge on any atom is 0.285 e. The molecule has 0 radical (unpaired) electrons. The van der Waals surface area contributed by atoms with E-state index >= 15 is 0 Å². The van der Waals surface area contributed by atoms with Crippen molar-refractivity contribution < 1.29 is 13.2 Å². The number of nitrogens with one attached hydrogen (secondary N) is 1. The van der Waals surface area contributed by atoms with Crippen LogP contribution in [0.3, 0.4) is 0 Å². The van der Waals surface area contributed by atoms with Gasteiger partial charge in [-0.05, 0) is 48.9 Å². The second-order valence-electron chi connectivity index (χ2n) is 7.06. The summed E-state index contributed by atoms with van der Waals surface area (Å²) in [6.07, 6.45) is 1.47. The predicted molar refractivity (Wildman–Crippen MR) is 117 cm³/mol. The number of rotatable bonds is 3. The molecule has 0 spiro atoms. The molecular formula is C20H20ClN3O3S2. The summed E-state index contributed by atoms with van der Waals surface area (Å²) >= 11 is 7.34. The number of carbonyl (C=O) groups is 1. The van der Waals surface area contributed by atoms with Crippen LogP contribution >= 0.6 is 22.9 Å². The van der Waals surface area contributed by atoms with Crippen molar-refractivity contribution in [3.05, 3.63) is 62.8 Å². The molecule has 152 valence electrons. The molecule has 1 fully saturated rings. The Morgan fingerprint density at radius 1 is 1.21 bits per heavy atom. The number of sulfonamides is 1. The van der Waals surface area contributed by atoms with Gasteiger partial charge in [-0.1, -0.05) is 29.8 Å². The van der Waals surface area contributed by atoms with Crippen LogP contribution in [0.1, 0.15) is 35.0 Å². The van der Waals surface area contributed by atoms with Crippen molar-refractivity contribution in [2.45, 2.75) is 25.8 Å². The Morgan fingerprint density at radius 3 is 2.52 bits per heavy atom. The molecule has 2 aliphatic heterocycles. The van der Waals surface area contributed by atoms with Gasteiger partial charge in [0, 0.05) is 29.7 Å². The molecule has 0 aliphatic carbocycles. The van der Waals surface area contributed by atoms with Crippen LogP contribution in [0.4, 0.5) is 0 Å². The fourth-order valence-corrected chi connectivity index (χ4v) is 5.92. The number of nitrogens with zero attached hydrogens (tertiary/aromatic N) is 2. The highest BCUT2D eigenvalue weighted by Crippen LogP contribution is 2.34. The molecule has 2 aromatic rings. The summed E-state index contributed by atoms with van der Waals surface area (Å²) in [5, 5.41) is 5.49. The third kappa shape index (κ3) is 4.10. The van der Waals surface area contributed by atoms with E-state index in [1.807, 2.05) is 16.3 Å². The van der Waals surface area contributed by atoms with Gasteiger partial charge in [-0.3, -0.25) is 4.79 Å². The van der Waals surface area contributed by atoms with Crippen molar-refractivity contribution in [2.75, 3.05) is 13.1 Å². The van der Waals surface area contributed by atoms with Gasteiger partial charge in [-0.25, -0.2) is 0 Å². The predicted octanol–water partition coefficient (Wildman–Crippen LogP) is 3.77. The summed E-state index contributed by atoms with van der Waals surface area (Å²) in [5.74, 6) is 0.443. The van der Waals surface area contributed by atoms with Gasteiger partial charge in [0.1, 0.15) is 10.7 Å². The summed E-state index contributed by atoms with van der Waals surface area (Å²) < 4.78 is 29.4. The molecule has 1 N–H and O–H groups in total. The van der Waals surface area contributed by atoms with Crippen molar-refractivity contribution in [3.63, 3.8) is 0 Å². The number of halogens is 1. The van der Waals surface area contributed by atoms with Gasteiger partial charge in [-0.15, -0.1) is 15.7 Å². The Morgan fingerprint density at radius 2 is 1.90 bits per heavy atom. The second kappa shape index (κ2) is 7.93. The largest absolute Gasteiger partial charge is 0.356 e. The normalized spacial score (nSPS) is 19.4. The monoisotopic (exact) mass is 449 g/mol. The van der Waals surface area contributed by atoms with Crippen molar-refractivity contribution in [2.24, 2.45) is 4.40 Å². The molecule has 0 bridgehead atoms. The second-order valence-corrected chi connectivity index (χ2v) is 9.99. The number of likely N-dealkylation sites (tertiary alicyclic amines) is 1. The van der Waals surface area contributed by atoms with E-state index in [9.17, 15) is 13.2 Å². The van der Waals surface area contributed by atoms with Crippen LogP contribution in [0, 0.1) is 0 Å². The molecule has 0 saturated carbocycles. The highest BCUT2D eigenvalue weighted by atomic mass is 35.5. The van der Waals surface area contributed by atoms with E-state index in [4.69, 9.17) is 11.6 Å². The Balaban J connectivity index is 1.47. The SMILES string of the molecule is CC1=C(c2ccc(Cl)cc2)S(=O)(=O)N=C1N1CCC(NC(=O)c2cccs2)CC1. The van der Waals surface area contributed by atoms with E-state index in [2.05, 4.69) is 9.71 Å². The Kier molecular flexibility index (Phi) is 5.50. The first-order valence-corrected chi connectivity index (χ1v) is 12.0. The Labute approximate surface area is 179 Å². The summed E-state index contributed by atoms with van der Waals surface area (Å²) in [6, 6.07) is 10.5. The van der Waals surface area contributed by atoms with E-state index < -0.39 is 10.0 Å². The number of thiophene rings is 1. The Bertz CT molecular complexity index is 1080. The summed E-state index contributed by atoms with van der Waals surface area (Å²) in [5.41, 5.74) is 1.23. The molecule has 6 nitrogen and oxygen atoms in total. The number of piperidine rings is 1. The molecule has 1 amide bonds. The summed E-state index contributed by atoms with van der Waals surface area (Å²) in [6.45, 7) is 3.06. The van der Waals surface area contributed by atoms with Crippen molar-refractivity contribution in [3.8, 4) is 0 Å². The minimum absolute atomic E-state index is 0.0552. The molecule has 1 aromatic heterocycles. The standard InChI is InChI=1S/C20H20ClN3O3S2/c1-13-18(14-4-6-15(21)7-5-14)29(26,27)23-19(13)24-10-8-16(9-11-24)22-20(25)17-3-2-12-28-17/h2-7,12,16H,8-11H2,1H3,(H,22,25). The first kappa shape index (κ1) is 20.1. The first-order chi connectivity index (χ1) is 13.8. The average Bonchev–Trinajstić information content (AvgIpc) is 3.30. The van der Waals surface area contributed by atoms with Crippen LogP contribution < -0.4 is 5.32 Å². The van der Waals surface area contributed by atoms with Gasteiger partial charge in [0.05, 0.1) is 4.88 Å². The zero-order valence-corrected chi connectivity index (χ0v) is 18.1. The third-order valence-corrected chi connectivity index (χ3v) is 7.71. The minimum atomic E-state index is -3.75. The Hall–Kier alpha value is -2.16. The zero-order chi connectivity index (χ0) is 20.6. The molecular weight excluding hydrogens is 430 g/mol. The minimum Gasteiger partial charge on any atom is -0.356 e. The number of benzene rings is 1. The van der Waals surface area contributed by atoms with E-state index in [0.717, 1.165) is 12.8 Å². The number of hydrogen-bond acceptors (Lipinski definition) is 5. The van der Waals surface area contributed by atoms with Gasteiger partial charge in [-0.2, -0.15) is 8.42 Å². The van der Waals surface area contributed by atoms with Gasteiger partial charge >= 0.3 is 0 Å². The number of carbonyl (C=O) groups excluding carboxylic acids is 1. The first-order valence-electron chi connectivity index (χ1n) is 9.26. The van der Waals surface area contributed by atoms with Crippen LogP contribution in [0.2, 0.25) is 5.02 Å². The summed E-state index contributed by atoms with van der Waals surface area (Å²) in [4.78, 5) is 15.2. The topological polar surface area (TPSA) is 78.8 Å². The van der Waals surface area contributed by atoms with Crippen molar-refractivity contribution in [1.82, 2.24) is 10.2 Å². The van der Waals surface area contributed by atoms with E-state index in [1.165, 1.54) is 11.3 Å². The highest BCUT2D eigenvalue weighted by Gasteiger charge is 2.35. The van der Waals surface area contributed by atoms with Gasteiger partial charge in [0.2, 0.25) is 0 Å². The number of hydrogen-bond donors (Lipinski definition) is 1. The average molecular weight is 450 g/mol. The van der Waals surface area contributed by atoms with Gasteiger partial charge in [0.25, 0.3) is 15.9 Å². The van der Waals surface area contributed by atoms with E-state index in [1.54, 1.807) is 37.3 Å². The molecule has 0 atom stereocenters. The number of amides is 1. The van der Waals surface area contributed by atoms with Crippen LogP contribution in [0.25, 0.3) is 4.91 Å². The van der Waals surface area contributed by atoms with Gasteiger partial charge in [0.15, 0.2) is 0 Å². The fourth-order valence-electron chi connectivity index (χ4n) is 3.68. The maximum absolute atomic E-state index is 12.7. The zero-order valence-electron chi connectivity index (χ0n) is 15.8. The van der Waals surface area contributed by atoms with Crippen LogP contribution in [-0.2, 0) is 10.0 Å². The molecule has 1 saturated heterocycles. The highest BCUT2D eigenvalue weighted by molar-refractivity contribution is 8.00. The maximum atomic E-state index is 12.7. The fraction of sp³-hybridized carbons (Fsp3) is 0.300. The van der Waals surface area contributed by atoms with Crippen molar-refractivity contribution >= 4 is 49.6 Å². The molecule has 4 rings (SSSR count). The van der Waals surface area contributed by atoms with Crippen molar-refractivity contribution in [1.29, 1.82) is 0 Å². The molecule has 0 unspecified atom stereocenters. The van der Waals surface area contributed by atoms with Crippen LogP contribution in [-0.4, -0.2) is 44.2 Å². The number of amidine groups is 1. The van der Waals surface area contributed by atoms with E-state index in [-0.39, 0.29) is 16.9 Å².